The van der Waals surface area contributed by atoms with Crippen LogP contribution in [0, 0.1) is 0 Å². The second-order valence-electron chi connectivity index (χ2n) is 5.47. The van der Waals surface area contributed by atoms with Crippen molar-refractivity contribution < 1.29 is 8.76 Å². The molecule has 0 aliphatic carbocycles. The molecule has 0 aliphatic heterocycles. The van der Waals surface area contributed by atoms with Crippen LogP contribution < -0.4 is 0 Å². The van der Waals surface area contributed by atoms with Gasteiger partial charge in [0.15, 0.2) is 11.1 Å². The van der Waals surface area contributed by atoms with Crippen molar-refractivity contribution in [3.05, 3.63) is 29.8 Å². The Morgan fingerprint density at radius 1 is 0.857 bits per heavy atom. The normalized spacial score (nSPS) is 11.9. The van der Waals surface area contributed by atoms with Crippen LogP contribution in [0.15, 0.2) is 29.2 Å². The van der Waals surface area contributed by atoms with E-state index in [0.717, 1.165) is 6.42 Å². The molecule has 1 N–H and O–H groups in total. The van der Waals surface area contributed by atoms with E-state index < -0.39 is 11.1 Å². The minimum absolute atomic E-state index is 0. The topological polar surface area (TPSA) is 37.3 Å². The molecular weight excluding hydrogens is 291 g/mol. The monoisotopic (exact) mass is 320 g/mol. The summed E-state index contributed by atoms with van der Waals surface area (Å²) in [6, 6.07) is 7.43. The summed E-state index contributed by atoms with van der Waals surface area (Å²) in [6.07, 6.45) is 13.2. The first-order valence-corrected chi connectivity index (χ1v) is 9.04. The second kappa shape index (κ2) is 14.0. The molecule has 1 atom stereocenters. The van der Waals surface area contributed by atoms with E-state index in [1.165, 1.54) is 63.4 Å². The van der Waals surface area contributed by atoms with Gasteiger partial charge in [0, 0.05) is 0 Å². The molecule has 0 aliphatic rings. The number of hydrogen-bond donors (Lipinski definition) is 1. The van der Waals surface area contributed by atoms with Crippen molar-refractivity contribution >= 4 is 40.6 Å². The fraction of sp³-hybridized carbons (Fsp3) is 0.647. The van der Waals surface area contributed by atoms with Crippen LogP contribution in [0.1, 0.15) is 70.3 Å². The molecule has 0 amide bonds. The van der Waals surface area contributed by atoms with E-state index in [-0.39, 0.29) is 29.6 Å². The maximum absolute atomic E-state index is 10.8. The average molecular weight is 320 g/mol. The van der Waals surface area contributed by atoms with Crippen molar-refractivity contribution in [3.63, 3.8) is 0 Å². The summed E-state index contributed by atoms with van der Waals surface area (Å²) in [6.45, 7) is 2.25. The van der Waals surface area contributed by atoms with Crippen LogP contribution in [0.2, 0.25) is 0 Å². The first kappa shape index (κ1) is 21.3. The van der Waals surface area contributed by atoms with Gasteiger partial charge < -0.3 is 4.55 Å². The molecule has 0 aromatic heterocycles. The third kappa shape index (κ3) is 10.6. The van der Waals surface area contributed by atoms with Crippen LogP contribution in [0.25, 0.3) is 0 Å². The van der Waals surface area contributed by atoms with Crippen molar-refractivity contribution in [2.75, 3.05) is 0 Å². The molecule has 0 saturated carbocycles. The van der Waals surface area contributed by atoms with Crippen molar-refractivity contribution in [1.29, 1.82) is 0 Å². The summed E-state index contributed by atoms with van der Waals surface area (Å²) in [7, 11) is 0. The third-order valence-corrected chi connectivity index (χ3v) is 4.37. The number of aryl methyl sites for hydroxylation is 1. The zero-order valence-electron chi connectivity index (χ0n) is 12.6. The molecule has 2 nitrogen and oxygen atoms in total. The van der Waals surface area contributed by atoms with Crippen molar-refractivity contribution in [2.24, 2.45) is 0 Å². The molecule has 0 spiro atoms. The van der Waals surface area contributed by atoms with E-state index >= 15 is 0 Å². The van der Waals surface area contributed by atoms with Crippen LogP contribution >= 0.6 is 0 Å². The number of unbranched alkanes of at least 4 members (excludes halogenated alkanes) is 8. The maximum atomic E-state index is 10.8. The van der Waals surface area contributed by atoms with Gasteiger partial charge in [-0.05, 0) is 30.5 Å². The Morgan fingerprint density at radius 2 is 1.33 bits per heavy atom. The van der Waals surface area contributed by atoms with Crippen LogP contribution in [-0.2, 0) is 17.5 Å². The van der Waals surface area contributed by atoms with Crippen molar-refractivity contribution in [1.82, 2.24) is 0 Å². The molecule has 1 unspecified atom stereocenters. The predicted molar refractivity (Wildman–Crippen MR) is 93.6 cm³/mol. The molecule has 116 valence electrons. The van der Waals surface area contributed by atoms with E-state index in [4.69, 9.17) is 4.55 Å². The van der Waals surface area contributed by atoms with Crippen LogP contribution in [-0.4, -0.2) is 38.3 Å². The Bertz CT molecular complexity index is 379. The Kier molecular flexibility index (Phi) is 14.2. The zero-order valence-corrected chi connectivity index (χ0v) is 13.5. The summed E-state index contributed by atoms with van der Waals surface area (Å²) < 4.78 is 19.8. The van der Waals surface area contributed by atoms with Gasteiger partial charge in [-0.25, -0.2) is 4.21 Å². The molecular formula is C17H29NaO2S. The zero-order chi connectivity index (χ0) is 14.6. The first-order chi connectivity index (χ1) is 9.74. The van der Waals surface area contributed by atoms with E-state index in [9.17, 15) is 4.21 Å². The quantitative estimate of drug-likeness (QED) is 0.365. The summed E-state index contributed by atoms with van der Waals surface area (Å²) >= 11 is -1.85. The van der Waals surface area contributed by atoms with E-state index in [0.29, 0.717) is 4.90 Å². The Labute approximate surface area is 154 Å². The van der Waals surface area contributed by atoms with Gasteiger partial charge in [-0.1, -0.05) is 70.4 Å². The molecule has 0 heterocycles. The van der Waals surface area contributed by atoms with Gasteiger partial charge in [0.25, 0.3) is 0 Å². The molecule has 0 saturated heterocycles. The third-order valence-electron chi connectivity index (χ3n) is 3.69. The summed E-state index contributed by atoms with van der Waals surface area (Å²) in [5.74, 6) is 0. The van der Waals surface area contributed by atoms with Gasteiger partial charge in [0.1, 0.15) is 0 Å². The summed E-state index contributed by atoms with van der Waals surface area (Å²) in [5.41, 5.74) is 1.27. The number of hydrogen-bond acceptors (Lipinski definition) is 1. The van der Waals surface area contributed by atoms with Crippen LogP contribution in [0.3, 0.4) is 0 Å². The SMILES string of the molecule is CCCCCCCCCCCc1ccc(S(=O)O)cc1.[NaH]. The van der Waals surface area contributed by atoms with Gasteiger partial charge in [0.05, 0.1) is 4.90 Å². The Balaban J connectivity index is 0.00000400. The van der Waals surface area contributed by atoms with E-state index in [1.807, 2.05) is 12.1 Å². The number of rotatable bonds is 11. The Hall–Kier alpha value is 0.330. The molecule has 1 aromatic rings. The predicted octanol–water partition coefficient (Wildman–Crippen LogP) is 4.69. The standard InChI is InChI=1S/C17H28O2S.Na.H/c1-2-3-4-5-6-7-8-9-10-11-16-12-14-17(15-13-16)20(18)19;;/h12-15H,2-11H2,1H3,(H,18,19);;. The minimum atomic E-state index is -1.85. The molecule has 0 fully saturated rings. The fourth-order valence-electron chi connectivity index (χ4n) is 2.41. The van der Waals surface area contributed by atoms with Gasteiger partial charge in [-0.3, -0.25) is 0 Å². The van der Waals surface area contributed by atoms with E-state index in [2.05, 4.69) is 6.92 Å². The summed E-state index contributed by atoms with van der Waals surface area (Å²) in [4.78, 5) is 0.487. The molecule has 1 rings (SSSR count). The van der Waals surface area contributed by atoms with Gasteiger partial charge in [-0.2, -0.15) is 0 Å². The Morgan fingerprint density at radius 3 is 1.81 bits per heavy atom. The first-order valence-electron chi connectivity index (χ1n) is 7.94. The molecule has 4 heteroatoms. The van der Waals surface area contributed by atoms with Crippen molar-refractivity contribution in [2.45, 2.75) is 76.0 Å². The molecule has 0 bridgehead atoms. The van der Waals surface area contributed by atoms with E-state index in [1.54, 1.807) is 12.1 Å². The average Bonchev–Trinajstić information content (AvgIpc) is 2.46. The van der Waals surface area contributed by atoms with Crippen LogP contribution in [0.5, 0.6) is 0 Å². The number of benzene rings is 1. The van der Waals surface area contributed by atoms with Crippen molar-refractivity contribution in [3.8, 4) is 0 Å². The van der Waals surface area contributed by atoms with Crippen LogP contribution in [0.4, 0.5) is 0 Å². The molecule has 1 aromatic carbocycles. The summed E-state index contributed by atoms with van der Waals surface area (Å²) in [5, 5.41) is 0. The fourth-order valence-corrected chi connectivity index (χ4v) is 2.78. The van der Waals surface area contributed by atoms with Gasteiger partial charge >= 0.3 is 29.6 Å². The van der Waals surface area contributed by atoms with Gasteiger partial charge in [0.2, 0.25) is 0 Å². The molecule has 21 heavy (non-hydrogen) atoms. The second-order valence-corrected chi connectivity index (χ2v) is 6.44. The van der Waals surface area contributed by atoms with Gasteiger partial charge in [-0.15, -0.1) is 0 Å². The molecule has 0 radical (unpaired) electrons.